The van der Waals surface area contributed by atoms with Crippen molar-refractivity contribution in [3.63, 3.8) is 0 Å². The second-order valence-corrected chi connectivity index (χ2v) is 14.4. The SMILES string of the molecule is c1ccc(-c2c3c(c(-c4ccccc4)c4ccccc24)-c2cc4cc(-n5c6ccc7ccccc7c6c6c7ccccc7ccc65)ccc4cc2-3)cc1. The standard InChI is InChI=1S/C52H31N/c1-3-15-34(16-4-1)47-41-21-11-12-22-42(41)48(35-17-5-2-6-18-35)52-44-31-37-29-38(26-23-36(37)30-43(44)51(47)52)53-45-27-24-32-13-7-9-19-39(32)49(45)50-40-20-10-8-14-33(40)25-28-46(50)53/h1-31H. The lowest BCUT2D eigenvalue weighted by Crippen LogP contribution is -2.05. The molecule has 10 aromatic carbocycles. The van der Waals surface area contributed by atoms with Gasteiger partial charge in [-0.3, -0.25) is 0 Å². The van der Waals surface area contributed by atoms with Crippen LogP contribution >= 0.6 is 0 Å². The van der Waals surface area contributed by atoms with Gasteiger partial charge in [-0.1, -0.05) is 152 Å². The van der Waals surface area contributed by atoms with Gasteiger partial charge >= 0.3 is 0 Å². The molecule has 0 spiro atoms. The van der Waals surface area contributed by atoms with E-state index in [0.29, 0.717) is 0 Å². The molecule has 0 saturated carbocycles. The van der Waals surface area contributed by atoms with Gasteiger partial charge in [-0.2, -0.15) is 0 Å². The van der Waals surface area contributed by atoms with Crippen LogP contribution in [-0.4, -0.2) is 4.57 Å². The topological polar surface area (TPSA) is 4.93 Å². The zero-order chi connectivity index (χ0) is 34.6. The van der Waals surface area contributed by atoms with Crippen molar-refractivity contribution in [3.05, 3.63) is 188 Å². The van der Waals surface area contributed by atoms with Gasteiger partial charge in [0.2, 0.25) is 0 Å². The van der Waals surface area contributed by atoms with Gasteiger partial charge in [-0.25, -0.2) is 0 Å². The first-order valence-electron chi connectivity index (χ1n) is 18.4. The molecule has 1 heteroatoms. The van der Waals surface area contributed by atoms with Crippen molar-refractivity contribution in [1.82, 2.24) is 4.57 Å². The molecule has 0 N–H and O–H groups in total. The first-order valence-corrected chi connectivity index (χ1v) is 18.4. The molecular formula is C52H31N. The molecule has 0 atom stereocenters. The molecule has 1 aliphatic rings. The van der Waals surface area contributed by atoms with Gasteiger partial charge in [0.15, 0.2) is 0 Å². The molecular weight excluding hydrogens is 639 g/mol. The Hall–Kier alpha value is -6.96. The molecule has 12 rings (SSSR count). The highest BCUT2D eigenvalue weighted by molar-refractivity contribution is 6.29. The smallest absolute Gasteiger partial charge is 0.0547 e. The summed E-state index contributed by atoms with van der Waals surface area (Å²) >= 11 is 0. The predicted octanol–water partition coefficient (Wildman–Crippen LogP) is 14.4. The molecule has 244 valence electrons. The Morgan fingerprint density at radius 1 is 0.283 bits per heavy atom. The predicted molar refractivity (Wildman–Crippen MR) is 226 cm³/mol. The normalized spacial score (nSPS) is 12.2. The monoisotopic (exact) mass is 669 g/mol. The third-order valence-electron chi connectivity index (χ3n) is 11.6. The van der Waals surface area contributed by atoms with E-state index in [9.17, 15) is 0 Å². The van der Waals surface area contributed by atoms with Crippen LogP contribution in [-0.2, 0) is 0 Å². The van der Waals surface area contributed by atoms with Crippen molar-refractivity contribution in [2.45, 2.75) is 0 Å². The zero-order valence-corrected chi connectivity index (χ0v) is 28.8. The third kappa shape index (κ3) is 3.97. The van der Waals surface area contributed by atoms with Crippen LogP contribution in [0, 0.1) is 0 Å². The van der Waals surface area contributed by atoms with Gasteiger partial charge in [0.05, 0.1) is 11.0 Å². The summed E-state index contributed by atoms with van der Waals surface area (Å²) in [6.07, 6.45) is 0. The van der Waals surface area contributed by atoms with Gasteiger partial charge in [0.25, 0.3) is 0 Å². The molecule has 0 aliphatic heterocycles. The second-order valence-electron chi connectivity index (χ2n) is 14.4. The summed E-state index contributed by atoms with van der Waals surface area (Å²) in [6, 6.07) is 69.5. The van der Waals surface area contributed by atoms with Crippen molar-refractivity contribution in [2.75, 3.05) is 0 Å². The molecule has 53 heavy (non-hydrogen) atoms. The summed E-state index contributed by atoms with van der Waals surface area (Å²) in [5.41, 5.74) is 14.2. The van der Waals surface area contributed by atoms with Gasteiger partial charge in [-0.05, 0) is 124 Å². The molecule has 1 heterocycles. The highest BCUT2D eigenvalue weighted by Gasteiger charge is 2.32. The summed E-state index contributed by atoms with van der Waals surface area (Å²) in [6.45, 7) is 0. The summed E-state index contributed by atoms with van der Waals surface area (Å²) in [7, 11) is 0. The molecule has 1 aliphatic carbocycles. The minimum atomic E-state index is 1.18. The van der Waals surface area contributed by atoms with Crippen molar-refractivity contribution < 1.29 is 0 Å². The number of hydrogen-bond acceptors (Lipinski definition) is 0. The quantitative estimate of drug-likeness (QED) is 0.176. The van der Waals surface area contributed by atoms with Gasteiger partial charge in [-0.15, -0.1) is 0 Å². The van der Waals surface area contributed by atoms with E-state index in [4.69, 9.17) is 0 Å². The molecule has 1 nitrogen and oxygen atoms in total. The maximum Gasteiger partial charge on any atom is 0.0547 e. The highest BCUT2D eigenvalue weighted by Crippen LogP contribution is 2.59. The van der Waals surface area contributed by atoms with E-state index in [1.807, 2.05) is 0 Å². The fourth-order valence-corrected chi connectivity index (χ4v) is 9.39. The van der Waals surface area contributed by atoms with Crippen LogP contribution in [0.4, 0.5) is 0 Å². The maximum absolute atomic E-state index is 2.48. The molecule has 0 saturated heterocycles. The van der Waals surface area contributed by atoms with E-state index in [-0.39, 0.29) is 0 Å². The van der Waals surface area contributed by atoms with E-state index in [1.165, 1.54) is 115 Å². The van der Waals surface area contributed by atoms with E-state index in [1.54, 1.807) is 0 Å². The number of nitrogens with zero attached hydrogens (tertiary/aromatic N) is 1. The Balaban J connectivity index is 1.14. The summed E-state index contributed by atoms with van der Waals surface area (Å²) in [5, 5.41) is 12.8. The third-order valence-corrected chi connectivity index (χ3v) is 11.6. The molecule has 11 aromatic rings. The van der Waals surface area contributed by atoms with Crippen LogP contribution in [0.15, 0.2) is 188 Å². The molecule has 0 unspecified atom stereocenters. The lowest BCUT2D eigenvalue weighted by atomic mass is 9.70. The first-order chi connectivity index (χ1) is 26.3. The van der Waals surface area contributed by atoms with Gasteiger partial charge in [0, 0.05) is 16.5 Å². The second kappa shape index (κ2) is 10.8. The van der Waals surface area contributed by atoms with Gasteiger partial charge < -0.3 is 4.57 Å². The van der Waals surface area contributed by atoms with Crippen LogP contribution in [0.25, 0.3) is 115 Å². The summed E-state index contributed by atoms with van der Waals surface area (Å²) in [5.74, 6) is 0. The average Bonchev–Trinajstić information content (AvgIpc) is 3.58. The summed E-state index contributed by atoms with van der Waals surface area (Å²) in [4.78, 5) is 0. The van der Waals surface area contributed by atoms with Crippen LogP contribution in [0.5, 0.6) is 0 Å². The van der Waals surface area contributed by atoms with Crippen LogP contribution in [0.3, 0.4) is 0 Å². The van der Waals surface area contributed by atoms with Crippen molar-refractivity contribution in [3.8, 4) is 50.2 Å². The number of fused-ring (bicyclic) bond motifs is 13. The Labute approximate surface area is 306 Å². The average molecular weight is 670 g/mol. The van der Waals surface area contributed by atoms with E-state index in [0.717, 1.165) is 0 Å². The van der Waals surface area contributed by atoms with Crippen molar-refractivity contribution in [1.29, 1.82) is 0 Å². The van der Waals surface area contributed by atoms with Crippen molar-refractivity contribution >= 4 is 64.9 Å². The Bertz CT molecular complexity index is 3220. The number of hydrogen-bond donors (Lipinski definition) is 0. The lowest BCUT2D eigenvalue weighted by Gasteiger charge is -2.32. The fourth-order valence-electron chi connectivity index (χ4n) is 9.39. The highest BCUT2D eigenvalue weighted by atomic mass is 15.0. The van der Waals surface area contributed by atoms with Gasteiger partial charge in [0.1, 0.15) is 0 Å². The molecule has 0 bridgehead atoms. The van der Waals surface area contributed by atoms with E-state index in [2.05, 4.69) is 193 Å². The summed E-state index contributed by atoms with van der Waals surface area (Å²) < 4.78 is 2.48. The molecule has 0 fully saturated rings. The lowest BCUT2D eigenvalue weighted by molar-refractivity contribution is 1.19. The molecule has 0 radical (unpaired) electrons. The number of benzene rings is 10. The Morgan fingerprint density at radius 3 is 1.25 bits per heavy atom. The van der Waals surface area contributed by atoms with E-state index < -0.39 is 0 Å². The fraction of sp³-hybridized carbons (Fsp3) is 0. The largest absolute Gasteiger partial charge is 0.309 e. The van der Waals surface area contributed by atoms with Crippen LogP contribution < -0.4 is 0 Å². The molecule has 0 amide bonds. The Morgan fingerprint density at radius 2 is 0.717 bits per heavy atom. The minimum Gasteiger partial charge on any atom is -0.309 e. The first kappa shape index (κ1) is 28.7. The zero-order valence-electron chi connectivity index (χ0n) is 28.8. The minimum absolute atomic E-state index is 1.18. The van der Waals surface area contributed by atoms with E-state index >= 15 is 0 Å². The Kier molecular flexibility index (Phi) is 5.84. The maximum atomic E-state index is 2.48. The number of aromatic nitrogens is 1. The van der Waals surface area contributed by atoms with Crippen LogP contribution in [0.1, 0.15) is 0 Å². The van der Waals surface area contributed by atoms with Crippen molar-refractivity contribution in [2.24, 2.45) is 0 Å². The molecule has 1 aromatic heterocycles. The van der Waals surface area contributed by atoms with Crippen LogP contribution in [0.2, 0.25) is 0 Å². The number of rotatable bonds is 3.